The zero-order valence-electron chi connectivity index (χ0n) is 42.5. The van der Waals surface area contributed by atoms with Crippen LogP contribution in [0.1, 0.15) is 51.4 Å². The maximum Gasteiger partial charge on any atom is 2.00 e. The number of rotatable bonds is 36. The molecule has 8 amide bonds. The van der Waals surface area contributed by atoms with Crippen LogP contribution in [0.3, 0.4) is 0 Å². The van der Waals surface area contributed by atoms with Gasteiger partial charge in [0.25, 0.3) is 0 Å². The normalized spacial score (nSPS) is 12.9. The Labute approximate surface area is 492 Å². The average Bonchev–Trinajstić information content (AvgIpc) is 3.39. The van der Waals surface area contributed by atoms with Crippen LogP contribution in [0.4, 0.5) is 0 Å². The third-order valence-corrected chi connectivity index (χ3v) is 10.4. The van der Waals surface area contributed by atoms with Crippen molar-refractivity contribution >= 4 is 146 Å². The van der Waals surface area contributed by atoms with Crippen LogP contribution in [-0.4, -0.2) is 193 Å². The molecule has 0 unspecified atom stereocenters. The predicted molar refractivity (Wildman–Crippen MR) is 252 cm³/mol. The van der Waals surface area contributed by atoms with E-state index in [0.29, 0.717) is 0 Å². The Morgan fingerprint density at radius 3 is 0.568 bits per heavy atom. The van der Waals surface area contributed by atoms with E-state index in [1.54, 1.807) is 0 Å². The molecule has 0 saturated heterocycles. The second-order valence-corrected chi connectivity index (χ2v) is 17.1. The van der Waals surface area contributed by atoms with Gasteiger partial charge in [0.15, 0.2) is 0 Å². The van der Waals surface area contributed by atoms with Crippen molar-refractivity contribution in [3.63, 3.8) is 0 Å². The molecule has 0 aromatic rings. The number of amides is 8. The van der Waals surface area contributed by atoms with Gasteiger partial charge in [-0.2, -0.15) is 0 Å². The number of nitrogens with one attached hydrogen (secondary N) is 8. The number of carboxylic acid groups (broad SMARTS) is 8. The smallest absolute Gasteiger partial charge is 0.790 e. The Hall–Kier alpha value is -6.72. The number of carboxylic acids is 8. The molecule has 0 radical (unpaired) electrons. The topological polar surface area (TPSA) is 664 Å². The first-order valence-electron chi connectivity index (χ1n) is 22.7. The fraction of sp³-hybridized carbons (Fsp3) is 0.600. The van der Waals surface area contributed by atoms with Gasteiger partial charge < -0.3 is 195 Å². The zero-order valence-corrected chi connectivity index (χ0v) is 46.9. The largest absolute Gasteiger partial charge is 2.00 e. The molecule has 36 nitrogen and oxygen atoms in total. The molecule has 0 aromatic carbocycles. The molecular formula is C40H60FeN12O24S4-6. The van der Waals surface area contributed by atoms with Gasteiger partial charge in [-0.05, 0) is 0 Å². The zero-order chi connectivity index (χ0) is 62.8. The summed E-state index contributed by atoms with van der Waals surface area (Å²) >= 11 is 18.7. The molecule has 0 saturated carbocycles. The van der Waals surface area contributed by atoms with Crippen LogP contribution in [-0.2, 0) is 144 Å². The van der Waals surface area contributed by atoms with Gasteiger partial charge in [0.2, 0.25) is 47.3 Å². The van der Waals surface area contributed by atoms with Crippen LogP contribution >= 0.6 is 0 Å². The van der Waals surface area contributed by atoms with Crippen LogP contribution in [0.15, 0.2) is 0 Å². The molecule has 0 aromatic heterocycles. The van der Waals surface area contributed by atoms with Crippen LogP contribution in [0, 0.1) is 0 Å². The standard InChI is InChI=1S/4C10H17N3O6S.Fe/c4*11-5(10(18)19)1-2-7(14)13-6(4-20)9(17)12-3-8(15)16;/h4*5-6,20H,1-4,11H2,(H,12,17)(H,13,14)(H,15,16)(H,18,19);/q;;;;+2/p-8/t4*5-,6-;/m0000./s1. The minimum atomic E-state index is -1.47. The first-order valence-corrected chi connectivity index (χ1v) is 25.0. The van der Waals surface area contributed by atoms with Crippen molar-refractivity contribution in [3.8, 4) is 0 Å². The van der Waals surface area contributed by atoms with Gasteiger partial charge in [-0.25, -0.2) is 0 Å². The van der Waals surface area contributed by atoms with Crippen molar-refractivity contribution in [2.24, 2.45) is 0 Å². The summed E-state index contributed by atoms with van der Waals surface area (Å²) in [5, 5.41) is 99.5. The fourth-order valence-electron chi connectivity index (χ4n) is 4.62. The summed E-state index contributed by atoms with van der Waals surface area (Å²) in [6, 6.07) is -8.40. The predicted octanol–water partition coefficient (Wildman–Crippen LogP) is -23.9. The molecule has 20 N–H and O–H groups in total. The van der Waals surface area contributed by atoms with E-state index in [-0.39, 0.29) is 91.4 Å². The first kappa shape index (κ1) is 83.1. The summed E-state index contributed by atoms with van der Waals surface area (Å²) in [7, 11) is 0. The maximum atomic E-state index is 11.5. The van der Waals surface area contributed by atoms with E-state index in [2.05, 4.69) is 94.7 Å². The number of quaternary nitrogens is 4. The maximum absolute atomic E-state index is 11.5. The molecule has 8 atom stereocenters. The minimum absolute atomic E-state index is 0. The van der Waals surface area contributed by atoms with E-state index in [9.17, 15) is 118 Å². The molecule has 0 fully saturated rings. The molecule has 81 heavy (non-hydrogen) atoms. The molecule has 0 aliphatic heterocycles. The van der Waals surface area contributed by atoms with E-state index >= 15 is 0 Å². The molecule has 0 bridgehead atoms. The average molecular weight is 1280 g/mol. The Morgan fingerprint density at radius 1 is 0.309 bits per heavy atom. The summed E-state index contributed by atoms with van der Waals surface area (Å²) in [5.74, 6) is -17.3. The Balaban J connectivity index is -0.000000316. The monoisotopic (exact) mass is 1280 g/mol. The summed E-state index contributed by atoms with van der Waals surface area (Å²) in [6.07, 6.45) is -0.830. The molecular weight excluding hydrogens is 1220 g/mol. The van der Waals surface area contributed by atoms with Gasteiger partial charge in [0, 0.05) is 51.4 Å². The van der Waals surface area contributed by atoms with E-state index in [4.69, 9.17) is 0 Å². The van der Waals surface area contributed by atoms with Gasteiger partial charge in [0.05, 0.1) is 98.1 Å². The SMILES string of the molecule is [Fe+2].[NH3+][C@@H](CCC(=O)N[C@@H](C[S-])C(=O)NCC(=O)[O-])C(=O)[O-].[NH3+][C@@H](CCC(=O)N[C@@H](C[S-])C(=O)NCC(=O)[O-])C(=O)[O-].[NH3+][C@@H](CCC(=O)N[C@@H](C[S-])C(=O)NCC(=O)[O-])C(=O)[O-].[NH3+][C@@H](CCC(=O)N[C@@H](C[S-])C(=O)NCC(=O)[O-])C(=O)[O-]. The fourth-order valence-corrected chi connectivity index (χ4v) is 5.56. The third-order valence-electron chi connectivity index (χ3n) is 9.11. The number of carbonyl (C=O) groups excluding carboxylic acids is 16. The molecule has 0 spiro atoms. The van der Waals surface area contributed by atoms with E-state index in [0.717, 1.165) is 0 Å². The van der Waals surface area contributed by atoms with Gasteiger partial charge >= 0.3 is 17.1 Å². The van der Waals surface area contributed by atoms with Crippen molar-refractivity contribution in [2.45, 2.75) is 99.7 Å². The first-order chi connectivity index (χ1) is 37.1. The molecule has 462 valence electrons. The summed E-state index contributed by atoms with van der Waals surface area (Å²) < 4.78 is 0. The summed E-state index contributed by atoms with van der Waals surface area (Å²) in [5.41, 5.74) is 13.1. The Bertz CT molecular complexity index is 1850. The van der Waals surface area contributed by atoms with Crippen LogP contribution in [0.25, 0.3) is 0 Å². The van der Waals surface area contributed by atoms with Crippen molar-refractivity contribution in [1.82, 2.24) is 42.5 Å². The number of aliphatic carboxylic acids is 8. The van der Waals surface area contributed by atoms with Crippen molar-refractivity contribution in [1.29, 1.82) is 0 Å². The minimum Gasteiger partial charge on any atom is -0.790 e. The van der Waals surface area contributed by atoms with Crippen LogP contribution in [0.2, 0.25) is 0 Å². The number of hydrogen-bond donors (Lipinski definition) is 12. The second-order valence-electron chi connectivity index (χ2n) is 15.7. The molecule has 41 heteroatoms. The molecule has 0 heterocycles. The summed E-state index contributed by atoms with van der Waals surface area (Å²) in [6.45, 7) is -2.75. The van der Waals surface area contributed by atoms with Crippen molar-refractivity contribution in [2.75, 3.05) is 49.2 Å². The van der Waals surface area contributed by atoms with E-state index in [1.807, 2.05) is 21.3 Å². The third kappa shape index (κ3) is 46.7. The van der Waals surface area contributed by atoms with E-state index in [1.165, 1.54) is 0 Å². The van der Waals surface area contributed by atoms with Gasteiger partial charge in [-0.3, -0.25) is 38.4 Å². The van der Waals surface area contributed by atoms with Crippen LogP contribution in [0.5, 0.6) is 0 Å². The second kappa shape index (κ2) is 48.0. The quantitative estimate of drug-likeness (QED) is 0.0205. The van der Waals surface area contributed by atoms with Crippen molar-refractivity contribution < 1.29 is 158 Å². The molecule has 0 aliphatic rings. The Morgan fingerprint density at radius 2 is 0.457 bits per heavy atom. The van der Waals surface area contributed by atoms with E-state index < -0.39 is 170 Å². The Kier molecular flexibility index (Phi) is 49.3. The summed E-state index contributed by atoms with van der Waals surface area (Å²) in [4.78, 5) is 174. The van der Waals surface area contributed by atoms with Gasteiger partial charge in [0.1, 0.15) is 24.2 Å². The number of carbonyl (C=O) groups is 16. The van der Waals surface area contributed by atoms with Crippen LogP contribution < -0.4 is 106 Å². The van der Waals surface area contributed by atoms with Crippen molar-refractivity contribution in [3.05, 3.63) is 0 Å². The molecule has 0 rings (SSSR count). The molecule has 0 aliphatic carbocycles. The number of hydrogen-bond acceptors (Lipinski definition) is 28. The van der Waals surface area contributed by atoms with Gasteiger partial charge in [-0.1, -0.05) is 0 Å². The van der Waals surface area contributed by atoms with Gasteiger partial charge in [-0.15, -0.1) is 23.0 Å².